The zero-order valence-electron chi connectivity index (χ0n) is 13.8. The Bertz CT molecular complexity index is 606. The second-order valence-corrected chi connectivity index (χ2v) is 5.77. The van der Waals surface area contributed by atoms with E-state index in [1.165, 1.54) is 6.92 Å². The third kappa shape index (κ3) is 4.79. The van der Waals surface area contributed by atoms with Crippen molar-refractivity contribution < 1.29 is 14.4 Å². The van der Waals surface area contributed by atoms with Gasteiger partial charge < -0.3 is 16.0 Å². The number of likely N-dealkylation sites (tertiary alicyclic amines) is 1. The molecule has 1 unspecified atom stereocenters. The van der Waals surface area contributed by atoms with E-state index in [2.05, 4.69) is 5.32 Å². The molecule has 1 saturated heterocycles. The lowest BCUT2D eigenvalue weighted by molar-refractivity contribution is -0.126. The van der Waals surface area contributed by atoms with Gasteiger partial charge in [0.15, 0.2) is 5.78 Å². The van der Waals surface area contributed by atoms with E-state index in [9.17, 15) is 14.4 Å². The predicted molar refractivity (Wildman–Crippen MR) is 94.4 cm³/mol. The van der Waals surface area contributed by atoms with E-state index in [0.29, 0.717) is 37.3 Å². The highest BCUT2D eigenvalue weighted by molar-refractivity contribution is 6.07. The number of carbonyl (C=O) groups is 3. The molecule has 1 aliphatic heterocycles. The Morgan fingerprint density at radius 1 is 1.25 bits per heavy atom. The summed E-state index contributed by atoms with van der Waals surface area (Å²) in [4.78, 5) is 38.2. The Morgan fingerprint density at radius 2 is 1.92 bits per heavy atom. The number of benzene rings is 1. The van der Waals surface area contributed by atoms with Gasteiger partial charge in [-0.05, 0) is 25.8 Å². The van der Waals surface area contributed by atoms with E-state index in [1.54, 1.807) is 29.2 Å². The number of halogens is 1. The van der Waals surface area contributed by atoms with Gasteiger partial charge >= 0.3 is 0 Å². The number of nitrogens with one attached hydrogen (secondary N) is 1. The zero-order valence-corrected chi connectivity index (χ0v) is 14.6. The maximum Gasteiger partial charge on any atom is 0.254 e. The van der Waals surface area contributed by atoms with Gasteiger partial charge in [-0.25, -0.2) is 0 Å². The van der Waals surface area contributed by atoms with E-state index in [4.69, 9.17) is 5.73 Å². The molecule has 1 aromatic rings. The molecule has 1 fully saturated rings. The lowest BCUT2D eigenvalue weighted by Gasteiger charge is -2.32. The SMILES string of the molecule is CC(=O)c1ccccc1C(=O)N1CCCC(C(=O)NCCN)C1.Cl. The number of hydrogen-bond acceptors (Lipinski definition) is 4. The molecule has 24 heavy (non-hydrogen) atoms. The molecule has 0 radical (unpaired) electrons. The molecule has 7 heteroatoms. The Balaban J connectivity index is 0.00000288. The molecule has 1 atom stereocenters. The standard InChI is InChI=1S/C17H23N3O3.ClH/c1-12(21)14-6-2-3-7-15(14)17(23)20-10-4-5-13(11-20)16(22)19-9-8-18;/h2-3,6-7,13H,4-5,8-11,18H2,1H3,(H,19,22);1H. The quantitative estimate of drug-likeness (QED) is 0.779. The molecule has 3 N–H and O–H groups in total. The Labute approximate surface area is 148 Å². The molecule has 0 aromatic heterocycles. The van der Waals surface area contributed by atoms with Gasteiger partial charge in [-0.2, -0.15) is 0 Å². The lowest BCUT2D eigenvalue weighted by Crippen LogP contribution is -2.46. The minimum Gasteiger partial charge on any atom is -0.355 e. The van der Waals surface area contributed by atoms with Crippen LogP contribution in [0.4, 0.5) is 0 Å². The van der Waals surface area contributed by atoms with Crippen molar-refractivity contribution in [2.45, 2.75) is 19.8 Å². The Hall–Kier alpha value is -1.92. The monoisotopic (exact) mass is 353 g/mol. The van der Waals surface area contributed by atoms with Gasteiger partial charge in [0.05, 0.1) is 11.5 Å². The van der Waals surface area contributed by atoms with Gasteiger partial charge in [-0.15, -0.1) is 12.4 Å². The number of rotatable bonds is 5. The average Bonchev–Trinajstić information content (AvgIpc) is 2.59. The minimum atomic E-state index is -0.219. The summed E-state index contributed by atoms with van der Waals surface area (Å²) in [5.74, 6) is -0.605. The number of carbonyl (C=O) groups excluding carboxylic acids is 3. The Morgan fingerprint density at radius 3 is 2.54 bits per heavy atom. The van der Waals surface area contributed by atoms with Crippen LogP contribution < -0.4 is 11.1 Å². The van der Waals surface area contributed by atoms with Crippen LogP contribution in [0.5, 0.6) is 0 Å². The number of piperidine rings is 1. The topological polar surface area (TPSA) is 92.5 Å². The summed E-state index contributed by atoms with van der Waals surface area (Å²) in [6.07, 6.45) is 1.53. The smallest absolute Gasteiger partial charge is 0.254 e. The summed E-state index contributed by atoms with van der Waals surface area (Å²) < 4.78 is 0. The molecular formula is C17H24ClN3O3. The van der Waals surface area contributed by atoms with Crippen LogP contribution in [0.15, 0.2) is 24.3 Å². The molecule has 1 aromatic carbocycles. The van der Waals surface area contributed by atoms with Crippen molar-refractivity contribution in [1.82, 2.24) is 10.2 Å². The summed E-state index contributed by atoms with van der Waals surface area (Å²) in [7, 11) is 0. The number of nitrogens with zero attached hydrogens (tertiary/aromatic N) is 1. The molecule has 2 rings (SSSR count). The van der Waals surface area contributed by atoms with Crippen molar-refractivity contribution in [2.75, 3.05) is 26.2 Å². The molecule has 0 spiro atoms. The summed E-state index contributed by atoms with van der Waals surface area (Å²) in [5, 5.41) is 2.77. The first-order valence-corrected chi connectivity index (χ1v) is 7.91. The summed E-state index contributed by atoms with van der Waals surface area (Å²) in [5.41, 5.74) is 6.22. The first-order chi connectivity index (χ1) is 11.0. The van der Waals surface area contributed by atoms with E-state index in [0.717, 1.165) is 12.8 Å². The van der Waals surface area contributed by atoms with Crippen molar-refractivity contribution in [2.24, 2.45) is 11.7 Å². The van der Waals surface area contributed by atoms with Crippen LogP contribution in [0.25, 0.3) is 0 Å². The predicted octanol–water partition coefficient (Wildman–Crippen LogP) is 1.24. The molecule has 0 bridgehead atoms. The van der Waals surface area contributed by atoms with Crippen LogP contribution in [0.3, 0.4) is 0 Å². The highest BCUT2D eigenvalue weighted by Gasteiger charge is 2.29. The molecule has 0 saturated carbocycles. The molecule has 6 nitrogen and oxygen atoms in total. The van der Waals surface area contributed by atoms with Gasteiger partial charge in [0, 0.05) is 31.7 Å². The van der Waals surface area contributed by atoms with Crippen molar-refractivity contribution in [1.29, 1.82) is 0 Å². The van der Waals surface area contributed by atoms with Crippen molar-refractivity contribution in [3.63, 3.8) is 0 Å². The van der Waals surface area contributed by atoms with Gasteiger partial charge in [0.25, 0.3) is 5.91 Å². The first-order valence-electron chi connectivity index (χ1n) is 7.91. The highest BCUT2D eigenvalue weighted by atomic mass is 35.5. The number of ketones is 1. The van der Waals surface area contributed by atoms with Crippen LogP contribution in [0, 0.1) is 5.92 Å². The Kier molecular flexibility index (Phi) is 7.88. The van der Waals surface area contributed by atoms with Gasteiger partial charge in [-0.3, -0.25) is 14.4 Å². The zero-order chi connectivity index (χ0) is 16.8. The van der Waals surface area contributed by atoms with Crippen molar-refractivity contribution in [3.05, 3.63) is 35.4 Å². The maximum absolute atomic E-state index is 12.7. The van der Waals surface area contributed by atoms with E-state index in [1.807, 2.05) is 0 Å². The average molecular weight is 354 g/mol. The molecular weight excluding hydrogens is 330 g/mol. The highest BCUT2D eigenvalue weighted by Crippen LogP contribution is 2.20. The van der Waals surface area contributed by atoms with Crippen LogP contribution in [0.1, 0.15) is 40.5 Å². The third-order valence-corrected chi connectivity index (χ3v) is 4.06. The second-order valence-electron chi connectivity index (χ2n) is 5.77. The fourth-order valence-electron chi connectivity index (χ4n) is 2.86. The fourth-order valence-corrected chi connectivity index (χ4v) is 2.86. The normalized spacial score (nSPS) is 16.9. The van der Waals surface area contributed by atoms with E-state index in [-0.39, 0.29) is 35.9 Å². The maximum atomic E-state index is 12.7. The second kappa shape index (κ2) is 9.39. The number of nitrogens with two attached hydrogens (primary N) is 1. The summed E-state index contributed by atoms with van der Waals surface area (Å²) in [6.45, 7) is 3.27. The lowest BCUT2D eigenvalue weighted by atomic mass is 9.95. The van der Waals surface area contributed by atoms with Crippen LogP contribution in [-0.4, -0.2) is 48.7 Å². The number of hydrogen-bond donors (Lipinski definition) is 2. The van der Waals surface area contributed by atoms with E-state index >= 15 is 0 Å². The molecule has 1 heterocycles. The minimum absolute atomic E-state index is 0. The largest absolute Gasteiger partial charge is 0.355 e. The summed E-state index contributed by atoms with van der Waals surface area (Å²) in [6, 6.07) is 6.81. The van der Waals surface area contributed by atoms with Crippen molar-refractivity contribution >= 4 is 30.0 Å². The van der Waals surface area contributed by atoms with Gasteiger partial charge in [0.1, 0.15) is 0 Å². The van der Waals surface area contributed by atoms with Crippen LogP contribution in [-0.2, 0) is 4.79 Å². The van der Waals surface area contributed by atoms with Gasteiger partial charge in [-0.1, -0.05) is 18.2 Å². The molecule has 0 aliphatic carbocycles. The van der Waals surface area contributed by atoms with Crippen molar-refractivity contribution in [3.8, 4) is 0 Å². The van der Waals surface area contributed by atoms with Gasteiger partial charge in [0.2, 0.25) is 5.91 Å². The molecule has 132 valence electrons. The third-order valence-electron chi connectivity index (χ3n) is 4.06. The number of Topliss-reactive ketones (excluding diaryl/α,β-unsaturated/α-hetero) is 1. The van der Waals surface area contributed by atoms with Crippen LogP contribution in [0.2, 0.25) is 0 Å². The van der Waals surface area contributed by atoms with E-state index < -0.39 is 0 Å². The van der Waals surface area contributed by atoms with Crippen LogP contribution >= 0.6 is 12.4 Å². The fraction of sp³-hybridized carbons (Fsp3) is 0.471. The molecule has 1 aliphatic rings. The number of amides is 2. The summed E-state index contributed by atoms with van der Waals surface area (Å²) >= 11 is 0. The molecule has 2 amide bonds. The first kappa shape index (κ1) is 20.1.